The van der Waals surface area contributed by atoms with Gasteiger partial charge in [-0.1, -0.05) is 27.0 Å². The number of nitrogens with one attached hydrogen (secondary N) is 6. The van der Waals surface area contributed by atoms with E-state index in [0.717, 1.165) is 61.8 Å². The zero-order valence-electron chi connectivity index (χ0n) is 39.8. The Kier molecular flexibility index (Phi) is 19.9. The normalized spacial score (nSPS) is 10.1. The molecule has 0 bridgehead atoms. The number of rotatable bonds is 13. The number of halogens is 2. The van der Waals surface area contributed by atoms with Gasteiger partial charge < -0.3 is 62.4 Å². The van der Waals surface area contributed by atoms with Gasteiger partial charge in [-0.2, -0.15) is 0 Å². The molecule has 0 aliphatic carbocycles. The number of aromatic nitrogens is 4. The van der Waals surface area contributed by atoms with Crippen molar-refractivity contribution in [1.82, 2.24) is 9.97 Å². The highest BCUT2D eigenvalue weighted by Crippen LogP contribution is 2.30. The third kappa shape index (κ3) is 14.7. The lowest BCUT2D eigenvalue weighted by Gasteiger charge is -2.11. The highest BCUT2D eigenvalue weighted by Gasteiger charge is 2.13. The summed E-state index contributed by atoms with van der Waals surface area (Å²) in [5.74, 6) is -0.401. The Labute approximate surface area is 453 Å². The third-order valence-electron chi connectivity index (χ3n) is 11.3. The number of carbonyl (C=O) groups excluding carboxylic acids is 2. The van der Waals surface area contributed by atoms with E-state index >= 15 is 0 Å². The number of nitro benzene ring substituents is 1. The minimum Gasteiger partial charge on any atom is -1.00 e. The number of pyridine rings is 4. The number of non-ortho nitro benzene ring substituents is 1. The van der Waals surface area contributed by atoms with Crippen molar-refractivity contribution in [1.29, 1.82) is 0 Å². The van der Waals surface area contributed by atoms with Gasteiger partial charge in [0.25, 0.3) is 17.5 Å². The standard InChI is InChI=1S/C28H22N6O3.C28H24N6O.2CH4.2ClH/c1-33-15-12-21(13-16-33)30-22-3-2-4-23(17-22)32-28(35)19-5-7-20(8-6-19)31-26-11-14-29-27-18-24(34(36)37)9-10-25(26)27;1-34-15-12-22(13-16-34)31-23-3-2-4-24(18-23)33-28(35)19-5-8-21(9-6-19)32-26-11-14-30-27-17-20(29)7-10-25(26)27;;;;/h2-18H,1H3,(H2,29,31,32,35);2-18H,1H3,(H4,29,30,32,33,35);2*1H4;2*1H. The van der Waals surface area contributed by atoms with Crippen LogP contribution < -0.4 is 71.6 Å². The second-order valence-corrected chi connectivity index (χ2v) is 16.7. The average Bonchev–Trinajstić information content (AvgIpc) is 3.38. The molecular weight excluding hydrogens is 1000 g/mol. The molecule has 0 saturated heterocycles. The fourth-order valence-corrected chi connectivity index (χ4v) is 7.61. The molecule has 0 saturated carbocycles. The van der Waals surface area contributed by atoms with Crippen LogP contribution in [0.2, 0.25) is 0 Å². The molecule has 0 fully saturated rings. The second kappa shape index (κ2) is 26.4. The van der Waals surface area contributed by atoms with E-state index in [4.69, 9.17) is 5.73 Å². The molecule has 0 spiro atoms. The summed E-state index contributed by atoms with van der Waals surface area (Å²) in [4.78, 5) is 44.9. The monoisotopic (exact) mass is 1050 g/mol. The van der Waals surface area contributed by atoms with E-state index in [9.17, 15) is 19.7 Å². The van der Waals surface area contributed by atoms with Crippen molar-refractivity contribution in [3.05, 3.63) is 228 Å². The van der Waals surface area contributed by atoms with Gasteiger partial charge in [0.2, 0.25) is 0 Å². The molecule has 0 aliphatic heterocycles. The molecular formula is C58H56Cl2N12O4. The summed E-state index contributed by atoms with van der Waals surface area (Å²) < 4.78 is 3.92. The van der Waals surface area contributed by atoms with Gasteiger partial charge in [0, 0.05) is 122 Å². The van der Waals surface area contributed by atoms with E-state index in [-0.39, 0.29) is 57.2 Å². The van der Waals surface area contributed by atoms with Crippen molar-refractivity contribution in [2.24, 2.45) is 14.1 Å². The number of hydrogen-bond acceptors (Lipinski definition) is 11. The summed E-state index contributed by atoms with van der Waals surface area (Å²) in [6.07, 6.45) is 11.2. The van der Waals surface area contributed by atoms with Crippen LogP contribution in [0.15, 0.2) is 207 Å². The first kappa shape index (κ1) is 57.3. The van der Waals surface area contributed by atoms with Gasteiger partial charge in [-0.15, -0.1) is 0 Å². The molecule has 0 aliphatic rings. The number of amides is 2. The molecule has 6 aromatic carbocycles. The Balaban J connectivity index is 0.000000267. The van der Waals surface area contributed by atoms with Crippen molar-refractivity contribution in [2.75, 3.05) is 37.6 Å². The molecule has 2 amide bonds. The van der Waals surface area contributed by atoms with Crippen molar-refractivity contribution in [2.45, 2.75) is 14.9 Å². The van der Waals surface area contributed by atoms with Gasteiger partial charge in [0.05, 0.1) is 27.3 Å². The maximum Gasteiger partial charge on any atom is 0.271 e. The minimum absolute atomic E-state index is 0. The Morgan fingerprint density at radius 1 is 0.474 bits per heavy atom. The van der Waals surface area contributed by atoms with Crippen LogP contribution in [0, 0.1) is 10.1 Å². The molecule has 0 radical (unpaired) electrons. The lowest BCUT2D eigenvalue weighted by Crippen LogP contribution is -3.00. The van der Waals surface area contributed by atoms with Crippen molar-refractivity contribution in [3.8, 4) is 0 Å². The van der Waals surface area contributed by atoms with Crippen LogP contribution in [0.5, 0.6) is 0 Å². The molecule has 76 heavy (non-hydrogen) atoms. The molecule has 16 nitrogen and oxygen atoms in total. The fourth-order valence-electron chi connectivity index (χ4n) is 7.61. The molecule has 4 heterocycles. The number of nitrogen functional groups attached to an aromatic ring is 1. The maximum atomic E-state index is 12.8. The molecule has 18 heteroatoms. The topological polar surface area (TPSA) is 209 Å². The number of aryl methyl sites for hydroxylation is 2. The molecule has 4 aromatic heterocycles. The van der Waals surface area contributed by atoms with Crippen LogP contribution in [0.1, 0.15) is 35.6 Å². The Bertz CT molecular complexity index is 3590. The van der Waals surface area contributed by atoms with E-state index in [2.05, 4.69) is 41.9 Å². The second-order valence-electron chi connectivity index (χ2n) is 16.7. The minimum atomic E-state index is -0.443. The quantitative estimate of drug-likeness (QED) is 0.0292. The Morgan fingerprint density at radius 2 is 0.868 bits per heavy atom. The number of hydrogen-bond donors (Lipinski definition) is 7. The lowest BCUT2D eigenvalue weighted by atomic mass is 10.1. The van der Waals surface area contributed by atoms with Gasteiger partial charge in [0.15, 0.2) is 24.8 Å². The predicted molar refractivity (Wildman–Crippen MR) is 298 cm³/mol. The van der Waals surface area contributed by atoms with E-state index in [0.29, 0.717) is 33.7 Å². The van der Waals surface area contributed by atoms with Crippen LogP contribution in [-0.2, 0) is 14.1 Å². The molecule has 10 rings (SSSR count). The zero-order chi connectivity index (χ0) is 50.0. The zero-order valence-corrected chi connectivity index (χ0v) is 41.3. The Morgan fingerprint density at radius 3 is 1.30 bits per heavy atom. The van der Waals surface area contributed by atoms with Gasteiger partial charge >= 0.3 is 0 Å². The Hall–Kier alpha value is -9.64. The first-order valence-electron chi connectivity index (χ1n) is 22.7. The number of nitro groups is 1. The van der Waals surface area contributed by atoms with E-state index in [1.54, 1.807) is 60.9 Å². The SMILES string of the molecule is C.C.C[n+]1ccc(Nc2cccc(NC(=O)c3ccc(Nc4ccnc5cc(N)ccc45)cc3)c2)cc1.C[n+]1ccc(Nc2cccc(NC(=O)c3ccc(Nc4ccnc5cc([N+](=O)[O-])ccc45)cc3)c2)cc1.[Cl-].[Cl-]. The van der Waals surface area contributed by atoms with Gasteiger partial charge in [0.1, 0.15) is 14.1 Å². The van der Waals surface area contributed by atoms with E-state index in [1.807, 2.05) is 157 Å². The number of anilines is 11. The highest BCUT2D eigenvalue weighted by atomic mass is 35.5. The van der Waals surface area contributed by atoms with Crippen LogP contribution in [0.3, 0.4) is 0 Å². The smallest absolute Gasteiger partial charge is 0.271 e. The summed E-state index contributed by atoms with van der Waals surface area (Å²) in [7, 11) is 3.93. The summed E-state index contributed by atoms with van der Waals surface area (Å²) >= 11 is 0. The van der Waals surface area contributed by atoms with Gasteiger partial charge in [-0.3, -0.25) is 29.7 Å². The molecule has 0 atom stereocenters. The molecule has 10 aromatic rings. The van der Waals surface area contributed by atoms with Crippen LogP contribution >= 0.6 is 0 Å². The molecule has 8 N–H and O–H groups in total. The number of fused-ring (bicyclic) bond motifs is 2. The van der Waals surface area contributed by atoms with Crippen molar-refractivity contribution in [3.63, 3.8) is 0 Å². The summed E-state index contributed by atoms with van der Waals surface area (Å²) in [5.41, 5.74) is 17.3. The number of benzene rings is 6. The predicted octanol–water partition coefficient (Wildman–Crippen LogP) is 6.37. The third-order valence-corrected chi connectivity index (χ3v) is 11.3. The largest absolute Gasteiger partial charge is 1.00 e. The number of carbonyl (C=O) groups is 2. The number of nitrogens with zero attached hydrogens (tertiary/aromatic N) is 5. The fraction of sp³-hybridized carbons (Fsp3) is 0.0690. The summed E-state index contributed by atoms with van der Waals surface area (Å²) in [6.45, 7) is 0. The number of nitrogens with two attached hydrogens (primary N) is 1. The van der Waals surface area contributed by atoms with Crippen molar-refractivity contribution < 1.29 is 48.5 Å². The first-order valence-corrected chi connectivity index (χ1v) is 22.7. The van der Waals surface area contributed by atoms with Gasteiger partial charge in [-0.25, -0.2) is 9.13 Å². The van der Waals surface area contributed by atoms with E-state index < -0.39 is 4.92 Å². The van der Waals surface area contributed by atoms with Crippen molar-refractivity contribution >= 4 is 102 Å². The molecule has 0 unspecified atom stereocenters. The van der Waals surface area contributed by atoms with Crippen LogP contribution in [-0.4, -0.2) is 26.7 Å². The van der Waals surface area contributed by atoms with Crippen LogP contribution in [0.25, 0.3) is 21.8 Å². The maximum absolute atomic E-state index is 12.8. The summed E-state index contributed by atoms with van der Waals surface area (Å²) in [5, 5.41) is 32.0. The highest BCUT2D eigenvalue weighted by molar-refractivity contribution is 6.06. The first-order chi connectivity index (χ1) is 35.0. The van der Waals surface area contributed by atoms with Gasteiger partial charge in [-0.05, 0) is 121 Å². The van der Waals surface area contributed by atoms with Crippen LogP contribution in [0.4, 0.5) is 68.2 Å². The lowest BCUT2D eigenvalue weighted by molar-refractivity contribution is -0.671. The summed E-state index contributed by atoms with van der Waals surface area (Å²) in [6, 6.07) is 51.4. The average molecular weight is 1060 g/mol. The molecule has 386 valence electrons. The van der Waals surface area contributed by atoms with E-state index in [1.165, 1.54) is 12.1 Å².